The van der Waals surface area contributed by atoms with E-state index in [1.807, 2.05) is 4.90 Å². The largest absolute Gasteiger partial charge is 0.342 e. The summed E-state index contributed by atoms with van der Waals surface area (Å²) in [6, 6.07) is 3.39. The minimum absolute atomic E-state index is 0.0301. The number of anilines is 1. The number of allylic oxidation sites excluding steroid dienone is 2. The fourth-order valence-electron chi connectivity index (χ4n) is 3.32. The van der Waals surface area contributed by atoms with Crippen molar-refractivity contribution in [2.24, 2.45) is 11.8 Å². The summed E-state index contributed by atoms with van der Waals surface area (Å²) in [6.07, 6.45) is 9.94. The molecule has 2 aliphatic rings. The van der Waals surface area contributed by atoms with Gasteiger partial charge in [-0.1, -0.05) is 23.8 Å². The molecule has 2 heterocycles. The minimum atomic E-state index is -0.0715. The predicted molar refractivity (Wildman–Crippen MR) is 93.7 cm³/mol. The van der Waals surface area contributed by atoms with Crippen molar-refractivity contribution in [3.8, 4) is 0 Å². The zero-order valence-corrected chi connectivity index (χ0v) is 14.3. The first-order chi connectivity index (χ1) is 11.6. The monoisotopic (exact) mass is 347 g/mol. The molecule has 0 aromatic carbocycles. The Hall–Kier alpha value is -1.88. The molecule has 0 saturated carbocycles. The van der Waals surface area contributed by atoms with Gasteiger partial charge < -0.3 is 10.2 Å². The molecule has 1 N–H and O–H groups in total. The fourth-order valence-corrected chi connectivity index (χ4v) is 3.43. The van der Waals surface area contributed by atoms with Gasteiger partial charge in [0.1, 0.15) is 5.82 Å². The third-order valence-corrected chi connectivity index (χ3v) is 5.00. The fraction of sp³-hybridized carbons (Fsp3) is 0.500. The molecule has 6 heteroatoms. The molecular formula is C18H22ClN3O2. The standard InChI is InChI=1S/C18H22ClN3O2/c19-15-6-7-16(20-12-15)21-17(23)13-8-10-22(11-9-13)18(24)14-4-2-1-3-5-14/h1-2,6-7,12-14H,3-5,8-11H2,(H,20,21,23)/t14-/m0/s1. The van der Waals surface area contributed by atoms with Crippen molar-refractivity contribution in [3.05, 3.63) is 35.5 Å². The molecule has 5 nitrogen and oxygen atoms in total. The van der Waals surface area contributed by atoms with Crippen molar-refractivity contribution in [1.82, 2.24) is 9.88 Å². The first kappa shape index (κ1) is 17.0. The lowest BCUT2D eigenvalue weighted by atomic mass is 9.90. The van der Waals surface area contributed by atoms with Crippen molar-refractivity contribution < 1.29 is 9.59 Å². The third kappa shape index (κ3) is 4.15. The van der Waals surface area contributed by atoms with Gasteiger partial charge in [0.05, 0.1) is 5.02 Å². The van der Waals surface area contributed by atoms with Crippen molar-refractivity contribution in [1.29, 1.82) is 0 Å². The smallest absolute Gasteiger partial charge is 0.228 e. The van der Waals surface area contributed by atoms with Crippen LogP contribution in [-0.2, 0) is 9.59 Å². The maximum absolute atomic E-state index is 12.5. The summed E-state index contributed by atoms with van der Waals surface area (Å²) in [5, 5.41) is 3.36. The highest BCUT2D eigenvalue weighted by atomic mass is 35.5. The highest BCUT2D eigenvalue weighted by molar-refractivity contribution is 6.30. The number of rotatable bonds is 3. The lowest BCUT2D eigenvalue weighted by molar-refractivity contribution is -0.138. The first-order valence-corrected chi connectivity index (χ1v) is 8.87. The molecule has 1 saturated heterocycles. The number of nitrogens with zero attached hydrogens (tertiary/aromatic N) is 2. The molecule has 0 spiro atoms. The third-order valence-electron chi connectivity index (χ3n) is 4.77. The molecule has 1 aromatic heterocycles. The van der Waals surface area contributed by atoms with Gasteiger partial charge in [-0.3, -0.25) is 9.59 Å². The molecule has 1 atom stereocenters. The summed E-state index contributed by atoms with van der Waals surface area (Å²) in [7, 11) is 0. The Morgan fingerprint density at radius 2 is 1.92 bits per heavy atom. The number of amides is 2. The van der Waals surface area contributed by atoms with E-state index in [4.69, 9.17) is 11.6 Å². The number of carbonyl (C=O) groups is 2. The number of piperidine rings is 1. The SMILES string of the molecule is O=C(Nc1ccc(Cl)cn1)C1CCN(C(=O)[C@H]2CC=CCC2)CC1. The van der Waals surface area contributed by atoms with Gasteiger partial charge in [0.2, 0.25) is 11.8 Å². The lowest BCUT2D eigenvalue weighted by Gasteiger charge is -2.34. The summed E-state index contributed by atoms with van der Waals surface area (Å²) >= 11 is 5.79. The zero-order chi connectivity index (χ0) is 16.9. The van der Waals surface area contributed by atoms with Crippen LogP contribution in [0.15, 0.2) is 30.5 Å². The summed E-state index contributed by atoms with van der Waals surface area (Å²) in [6.45, 7) is 1.32. The van der Waals surface area contributed by atoms with Crippen LogP contribution in [0.4, 0.5) is 5.82 Å². The molecule has 0 bridgehead atoms. The van der Waals surface area contributed by atoms with E-state index in [0.717, 1.165) is 19.3 Å². The van der Waals surface area contributed by atoms with Crippen LogP contribution in [0.5, 0.6) is 0 Å². The molecule has 1 aliphatic heterocycles. The Morgan fingerprint density at radius 3 is 2.54 bits per heavy atom. The van der Waals surface area contributed by atoms with Gasteiger partial charge >= 0.3 is 0 Å². The molecule has 1 fully saturated rings. The summed E-state index contributed by atoms with van der Waals surface area (Å²) in [4.78, 5) is 30.9. The highest BCUT2D eigenvalue weighted by Gasteiger charge is 2.30. The number of nitrogens with one attached hydrogen (secondary N) is 1. The lowest BCUT2D eigenvalue weighted by Crippen LogP contribution is -2.44. The molecule has 3 rings (SSSR count). The van der Waals surface area contributed by atoms with Crippen LogP contribution < -0.4 is 5.32 Å². The quantitative estimate of drug-likeness (QED) is 0.853. The molecule has 0 radical (unpaired) electrons. The van der Waals surface area contributed by atoms with Gasteiger partial charge in [-0.2, -0.15) is 0 Å². The average Bonchev–Trinajstić information content (AvgIpc) is 2.64. The zero-order valence-electron chi connectivity index (χ0n) is 13.6. The van der Waals surface area contributed by atoms with E-state index in [2.05, 4.69) is 22.5 Å². The number of likely N-dealkylation sites (tertiary alicyclic amines) is 1. The van der Waals surface area contributed by atoms with E-state index >= 15 is 0 Å². The Kier molecular flexibility index (Phi) is 5.51. The Labute approximate surface area is 147 Å². The van der Waals surface area contributed by atoms with E-state index in [1.165, 1.54) is 6.20 Å². The van der Waals surface area contributed by atoms with E-state index in [9.17, 15) is 9.59 Å². The second-order valence-electron chi connectivity index (χ2n) is 6.43. The molecule has 1 aliphatic carbocycles. The van der Waals surface area contributed by atoms with Crippen LogP contribution in [0, 0.1) is 11.8 Å². The Bertz CT molecular complexity index is 622. The second-order valence-corrected chi connectivity index (χ2v) is 6.87. The topological polar surface area (TPSA) is 62.3 Å². The van der Waals surface area contributed by atoms with Crippen LogP contribution in [-0.4, -0.2) is 34.8 Å². The molecule has 0 unspecified atom stereocenters. The van der Waals surface area contributed by atoms with Crippen molar-refractivity contribution in [2.75, 3.05) is 18.4 Å². The van der Waals surface area contributed by atoms with Crippen molar-refractivity contribution >= 4 is 29.2 Å². The van der Waals surface area contributed by atoms with E-state index in [0.29, 0.717) is 36.8 Å². The summed E-state index contributed by atoms with van der Waals surface area (Å²) < 4.78 is 0. The second kappa shape index (κ2) is 7.79. The predicted octanol–water partition coefficient (Wildman–Crippen LogP) is 3.27. The van der Waals surface area contributed by atoms with Gasteiger partial charge in [0.15, 0.2) is 0 Å². The number of pyridine rings is 1. The number of hydrogen-bond donors (Lipinski definition) is 1. The Morgan fingerprint density at radius 1 is 1.12 bits per heavy atom. The molecule has 128 valence electrons. The highest BCUT2D eigenvalue weighted by Crippen LogP contribution is 2.25. The van der Waals surface area contributed by atoms with E-state index in [1.54, 1.807) is 12.1 Å². The summed E-state index contributed by atoms with van der Waals surface area (Å²) in [5.41, 5.74) is 0. The molecule has 24 heavy (non-hydrogen) atoms. The van der Waals surface area contributed by atoms with Gasteiger partial charge in [0.25, 0.3) is 0 Å². The number of carbonyl (C=O) groups excluding carboxylic acids is 2. The van der Waals surface area contributed by atoms with Gasteiger partial charge in [-0.15, -0.1) is 0 Å². The van der Waals surface area contributed by atoms with Crippen molar-refractivity contribution in [3.63, 3.8) is 0 Å². The Balaban J connectivity index is 1.49. The minimum Gasteiger partial charge on any atom is -0.342 e. The number of halogens is 1. The first-order valence-electron chi connectivity index (χ1n) is 8.49. The van der Waals surface area contributed by atoms with Gasteiger partial charge in [0, 0.05) is 31.1 Å². The van der Waals surface area contributed by atoms with E-state index in [-0.39, 0.29) is 23.7 Å². The van der Waals surface area contributed by atoms with Crippen LogP contribution in [0.1, 0.15) is 32.1 Å². The number of hydrogen-bond acceptors (Lipinski definition) is 3. The molecular weight excluding hydrogens is 326 g/mol. The molecule has 2 amide bonds. The maximum Gasteiger partial charge on any atom is 0.228 e. The maximum atomic E-state index is 12.5. The van der Waals surface area contributed by atoms with Crippen LogP contribution >= 0.6 is 11.6 Å². The van der Waals surface area contributed by atoms with Crippen LogP contribution in [0.25, 0.3) is 0 Å². The van der Waals surface area contributed by atoms with Crippen LogP contribution in [0.3, 0.4) is 0 Å². The normalized spacial score (nSPS) is 21.5. The molecule has 1 aromatic rings. The van der Waals surface area contributed by atoms with Gasteiger partial charge in [-0.05, 0) is 44.2 Å². The summed E-state index contributed by atoms with van der Waals surface area (Å²) in [5.74, 6) is 0.781. The van der Waals surface area contributed by atoms with E-state index < -0.39 is 0 Å². The number of aromatic nitrogens is 1. The average molecular weight is 348 g/mol. The van der Waals surface area contributed by atoms with Gasteiger partial charge in [-0.25, -0.2) is 4.98 Å². The van der Waals surface area contributed by atoms with Crippen molar-refractivity contribution in [2.45, 2.75) is 32.1 Å². The van der Waals surface area contributed by atoms with Crippen LogP contribution in [0.2, 0.25) is 5.02 Å².